The van der Waals surface area contributed by atoms with E-state index in [1.54, 1.807) is 51.1 Å². The number of ether oxygens (including phenoxy) is 1. The van der Waals surface area contributed by atoms with E-state index in [0.29, 0.717) is 34.9 Å². The van der Waals surface area contributed by atoms with E-state index in [9.17, 15) is 14.0 Å². The zero-order chi connectivity index (χ0) is 27.0. The van der Waals surface area contributed by atoms with Gasteiger partial charge in [-0.15, -0.1) is 0 Å². The van der Waals surface area contributed by atoms with Crippen molar-refractivity contribution in [3.63, 3.8) is 0 Å². The van der Waals surface area contributed by atoms with E-state index >= 15 is 0 Å². The predicted molar refractivity (Wildman–Crippen MR) is 134 cm³/mol. The number of carbonyl (C=O) groups excluding carboxylic acids is 2. The van der Waals surface area contributed by atoms with Crippen LogP contribution in [0.15, 0.2) is 51.5 Å². The normalized spacial score (nSPS) is 16.8. The molecule has 38 heavy (non-hydrogen) atoms. The van der Waals surface area contributed by atoms with Gasteiger partial charge in [0.05, 0.1) is 24.2 Å². The average molecular weight is 520 g/mol. The molecule has 0 aliphatic heterocycles. The molecule has 1 aromatic carbocycles. The maximum Gasteiger partial charge on any atom is 0.312 e. The van der Waals surface area contributed by atoms with Crippen LogP contribution in [0.4, 0.5) is 10.1 Å². The van der Waals surface area contributed by atoms with Crippen LogP contribution in [-0.4, -0.2) is 43.8 Å². The molecule has 0 bridgehead atoms. The van der Waals surface area contributed by atoms with Crippen LogP contribution in [0.3, 0.4) is 0 Å². The Kier molecular flexibility index (Phi) is 6.52. The second-order valence-electron chi connectivity index (χ2n) is 10.1. The molecule has 1 saturated carbocycles. The second-order valence-corrected chi connectivity index (χ2v) is 10.1. The first-order valence-corrected chi connectivity index (χ1v) is 12.1. The highest BCUT2D eigenvalue weighted by atomic mass is 19.1. The first-order chi connectivity index (χ1) is 18.1. The van der Waals surface area contributed by atoms with Gasteiger partial charge in [0.2, 0.25) is 23.4 Å². The molecule has 3 heterocycles. The molecule has 1 N–H and O–H groups in total. The maximum absolute atomic E-state index is 13.3. The number of nitrogens with zero attached hydrogens (tertiary/aromatic N) is 4. The number of nitrogens with one attached hydrogen (secondary N) is 1. The Morgan fingerprint density at radius 2 is 1.97 bits per heavy atom. The van der Waals surface area contributed by atoms with Crippen LogP contribution in [0.1, 0.15) is 60.8 Å². The molecule has 11 heteroatoms. The minimum atomic E-state index is -0.939. The number of hydrogen-bond acceptors (Lipinski definition) is 9. The van der Waals surface area contributed by atoms with E-state index in [4.69, 9.17) is 13.7 Å². The van der Waals surface area contributed by atoms with Gasteiger partial charge in [-0.05, 0) is 57.9 Å². The lowest BCUT2D eigenvalue weighted by Crippen LogP contribution is -2.25. The molecule has 3 aromatic heterocycles. The van der Waals surface area contributed by atoms with E-state index in [-0.39, 0.29) is 29.9 Å². The van der Waals surface area contributed by atoms with Gasteiger partial charge in [-0.2, -0.15) is 4.98 Å². The van der Waals surface area contributed by atoms with Crippen molar-refractivity contribution in [3.05, 3.63) is 65.5 Å². The largest absolute Gasteiger partial charge is 0.460 e. The number of aromatic nitrogens is 4. The average Bonchev–Trinajstić information content (AvgIpc) is 3.25. The number of carbonyl (C=O) groups is 2. The summed E-state index contributed by atoms with van der Waals surface area (Å²) in [6.45, 7) is 7.22. The fourth-order valence-electron chi connectivity index (χ4n) is 3.72. The van der Waals surface area contributed by atoms with Crippen LogP contribution < -0.4 is 5.32 Å². The highest BCUT2D eigenvalue weighted by Gasteiger charge is 2.43. The maximum atomic E-state index is 13.3. The molecule has 1 aliphatic carbocycles. The molecular weight excluding hydrogens is 493 g/mol. The number of pyridine rings is 1. The fraction of sp³-hybridized carbons (Fsp3) is 0.333. The van der Waals surface area contributed by atoms with Crippen LogP contribution in [-0.2, 0) is 16.0 Å². The molecule has 10 nitrogen and oxygen atoms in total. The first kappa shape index (κ1) is 25.2. The van der Waals surface area contributed by atoms with E-state index < -0.39 is 23.6 Å². The molecule has 196 valence electrons. The van der Waals surface area contributed by atoms with Crippen LogP contribution in [0.2, 0.25) is 0 Å². The van der Waals surface area contributed by atoms with Crippen molar-refractivity contribution in [1.29, 1.82) is 0 Å². The standard InChI is InChI=1S/C27H26FN5O5/c1-14-8-9-15(23-32-25(38-33-23)17-12-18(17)28)10-20(14)31-24(35)21-13-29-26(36-21)19-7-5-6-16(30-19)11-22(34)37-27(2,3)4/h5-10,13,17-18H,11-12H2,1-4H3,(H,31,35)/t17-,18-/m0/s1. The van der Waals surface area contributed by atoms with Crippen LogP contribution >= 0.6 is 0 Å². The zero-order valence-electron chi connectivity index (χ0n) is 21.3. The number of alkyl halides is 1. The summed E-state index contributed by atoms with van der Waals surface area (Å²) in [6.07, 6.45) is 0.747. The Hall–Kier alpha value is -4.41. The number of benzene rings is 1. The summed E-state index contributed by atoms with van der Waals surface area (Å²) >= 11 is 0. The van der Waals surface area contributed by atoms with Crippen molar-refractivity contribution in [3.8, 4) is 23.0 Å². The summed E-state index contributed by atoms with van der Waals surface area (Å²) in [7, 11) is 0. The number of esters is 1. The number of anilines is 1. The third-order valence-electron chi connectivity index (χ3n) is 5.72. The Bertz CT molecular complexity index is 1510. The summed E-state index contributed by atoms with van der Waals surface area (Å²) in [4.78, 5) is 38.0. The van der Waals surface area contributed by atoms with Crippen molar-refractivity contribution in [1.82, 2.24) is 20.1 Å². The molecule has 2 atom stereocenters. The Morgan fingerprint density at radius 3 is 2.71 bits per heavy atom. The van der Waals surface area contributed by atoms with Crippen LogP contribution in [0.25, 0.3) is 23.0 Å². The monoisotopic (exact) mass is 519 g/mol. The number of halogens is 1. The predicted octanol–water partition coefficient (Wildman–Crippen LogP) is 5.06. The summed E-state index contributed by atoms with van der Waals surface area (Å²) < 4.78 is 29.5. The zero-order valence-corrected chi connectivity index (χ0v) is 21.3. The van der Waals surface area contributed by atoms with Gasteiger partial charge in [0, 0.05) is 11.3 Å². The van der Waals surface area contributed by atoms with Gasteiger partial charge in [-0.25, -0.2) is 14.4 Å². The minimum absolute atomic E-state index is 0.00827. The molecular formula is C27H26FN5O5. The quantitative estimate of drug-likeness (QED) is 0.333. The molecule has 1 aliphatic rings. The first-order valence-electron chi connectivity index (χ1n) is 12.1. The summed E-state index contributed by atoms with van der Waals surface area (Å²) in [6, 6.07) is 10.4. The summed E-state index contributed by atoms with van der Waals surface area (Å²) in [5.74, 6) is -0.546. The SMILES string of the molecule is Cc1ccc(-c2noc([C@H]3C[C@@H]3F)n2)cc1NC(=O)c1cnc(-c2cccc(CC(=O)OC(C)(C)C)n2)o1. The molecule has 0 spiro atoms. The number of rotatable bonds is 7. The van der Waals surface area contributed by atoms with Gasteiger partial charge in [0.1, 0.15) is 17.5 Å². The van der Waals surface area contributed by atoms with Crippen LogP contribution in [0.5, 0.6) is 0 Å². The topological polar surface area (TPSA) is 133 Å². The Morgan fingerprint density at radius 1 is 1.18 bits per heavy atom. The molecule has 0 radical (unpaired) electrons. The molecule has 5 rings (SSSR count). The highest BCUT2D eigenvalue weighted by molar-refractivity contribution is 6.03. The molecule has 1 amide bonds. The number of hydrogen-bond donors (Lipinski definition) is 1. The van der Waals surface area contributed by atoms with E-state index in [1.807, 2.05) is 13.0 Å². The van der Waals surface area contributed by atoms with Gasteiger partial charge >= 0.3 is 5.97 Å². The summed E-state index contributed by atoms with van der Waals surface area (Å²) in [5, 5.41) is 6.75. The lowest BCUT2D eigenvalue weighted by atomic mass is 10.1. The van der Waals surface area contributed by atoms with Crippen molar-refractivity contribution in [2.24, 2.45) is 0 Å². The van der Waals surface area contributed by atoms with Crippen molar-refractivity contribution < 1.29 is 27.7 Å². The van der Waals surface area contributed by atoms with Gasteiger partial charge in [-0.3, -0.25) is 9.59 Å². The van der Waals surface area contributed by atoms with Gasteiger partial charge in [0.25, 0.3) is 5.91 Å². The number of amides is 1. The second kappa shape index (κ2) is 9.81. The smallest absolute Gasteiger partial charge is 0.312 e. The highest BCUT2D eigenvalue weighted by Crippen LogP contribution is 2.43. The Balaban J connectivity index is 1.28. The Labute approximate surface area is 217 Å². The minimum Gasteiger partial charge on any atom is -0.460 e. The fourth-order valence-corrected chi connectivity index (χ4v) is 3.72. The molecule has 0 saturated heterocycles. The van der Waals surface area contributed by atoms with Gasteiger partial charge in [-0.1, -0.05) is 23.4 Å². The van der Waals surface area contributed by atoms with Crippen molar-refractivity contribution >= 4 is 17.6 Å². The molecule has 0 unspecified atom stereocenters. The van der Waals surface area contributed by atoms with Crippen molar-refractivity contribution in [2.75, 3.05) is 5.32 Å². The molecule has 1 fully saturated rings. The van der Waals surface area contributed by atoms with E-state index in [1.165, 1.54) is 6.20 Å². The molecule has 4 aromatic rings. The van der Waals surface area contributed by atoms with E-state index in [2.05, 4.69) is 25.4 Å². The van der Waals surface area contributed by atoms with Gasteiger partial charge < -0.3 is 19.0 Å². The third-order valence-corrected chi connectivity index (χ3v) is 5.72. The van der Waals surface area contributed by atoms with Gasteiger partial charge in [0.15, 0.2) is 0 Å². The van der Waals surface area contributed by atoms with E-state index in [0.717, 1.165) is 5.56 Å². The lowest BCUT2D eigenvalue weighted by Gasteiger charge is -2.19. The third kappa shape index (κ3) is 5.77. The van der Waals surface area contributed by atoms with Crippen molar-refractivity contribution in [2.45, 2.75) is 58.2 Å². The number of oxazole rings is 1. The van der Waals surface area contributed by atoms with Crippen LogP contribution in [0, 0.1) is 6.92 Å². The lowest BCUT2D eigenvalue weighted by molar-refractivity contribution is -0.154. The summed E-state index contributed by atoms with van der Waals surface area (Å²) in [5.41, 5.74) is 2.20. The number of aryl methyl sites for hydroxylation is 1.